The quantitative estimate of drug-likeness (QED) is 0.896. The van der Waals surface area contributed by atoms with E-state index in [1.165, 1.54) is 0 Å². The second-order valence-corrected chi connectivity index (χ2v) is 5.35. The summed E-state index contributed by atoms with van der Waals surface area (Å²) in [6.07, 6.45) is 1.34. The molecule has 0 aliphatic carbocycles. The summed E-state index contributed by atoms with van der Waals surface area (Å²) in [4.78, 5) is 0. The van der Waals surface area contributed by atoms with Gasteiger partial charge in [0.2, 0.25) is 0 Å². The molecule has 1 aliphatic heterocycles. The van der Waals surface area contributed by atoms with E-state index in [1.807, 2.05) is 32.9 Å². The molecule has 2 rings (SSSR count). The van der Waals surface area contributed by atoms with Crippen LogP contribution < -0.4 is 4.74 Å². The van der Waals surface area contributed by atoms with Crippen LogP contribution in [-0.4, -0.2) is 24.4 Å². The van der Waals surface area contributed by atoms with E-state index in [1.54, 1.807) is 7.11 Å². The molecule has 3 nitrogen and oxygen atoms in total. The van der Waals surface area contributed by atoms with Crippen LogP contribution in [0.15, 0.2) is 12.1 Å². The summed E-state index contributed by atoms with van der Waals surface area (Å²) in [6.45, 7) is 6.72. The van der Waals surface area contributed by atoms with Gasteiger partial charge in [0.25, 0.3) is 0 Å². The first kappa shape index (κ1) is 13.4. The molecule has 0 saturated carbocycles. The van der Waals surface area contributed by atoms with Crippen molar-refractivity contribution in [2.24, 2.45) is 0 Å². The zero-order valence-corrected chi connectivity index (χ0v) is 11.6. The summed E-state index contributed by atoms with van der Waals surface area (Å²) < 4.78 is 11.0. The molecule has 18 heavy (non-hydrogen) atoms. The molecule has 1 saturated heterocycles. The van der Waals surface area contributed by atoms with Crippen molar-refractivity contribution >= 4 is 0 Å². The highest BCUT2D eigenvalue weighted by atomic mass is 16.5. The first-order chi connectivity index (χ1) is 8.48. The van der Waals surface area contributed by atoms with Crippen molar-refractivity contribution in [1.29, 1.82) is 0 Å². The number of rotatable bonds is 3. The Balaban J connectivity index is 2.36. The largest absolute Gasteiger partial charge is 0.496 e. The summed E-state index contributed by atoms with van der Waals surface area (Å²) in [7, 11) is 1.67. The number of aryl methyl sites for hydroxylation is 2. The van der Waals surface area contributed by atoms with E-state index < -0.39 is 11.7 Å². The van der Waals surface area contributed by atoms with Crippen molar-refractivity contribution < 1.29 is 14.6 Å². The van der Waals surface area contributed by atoms with Gasteiger partial charge in [0.05, 0.1) is 12.7 Å². The van der Waals surface area contributed by atoms with Gasteiger partial charge in [-0.2, -0.15) is 0 Å². The predicted octanol–water partition coefficient (Wildman–Crippen LogP) is 2.91. The van der Waals surface area contributed by atoms with E-state index in [0.29, 0.717) is 0 Å². The molecule has 1 aromatic carbocycles. The number of hydrogen-bond donors (Lipinski definition) is 1. The molecule has 1 N–H and O–H groups in total. The van der Waals surface area contributed by atoms with Crippen molar-refractivity contribution in [2.75, 3.05) is 13.7 Å². The van der Waals surface area contributed by atoms with Gasteiger partial charge in [0.1, 0.15) is 11.9 Å². The maximum atomic E-state index is 10.6. The maximum absolute atomic E-state index is 10.6. The zero-order valence-electron chi connectivity index (χ0n) is 11.6. The molecule has 1 aliphatic rings. The van der Waals surface area contributed by atoms with Crippen molar-refractivity contribution in [2.45, 2.75) is 45.3 Å². The molecular weight excluding hydrogens is 228 g/mol. The van der Waals surface area contributed by atoms with Crippen molar-refractivity contribution in [3.63, 3.8) is 0 Å². The molecule has 0 spiro atoms. The predicted molar refractivity (Wildman–Crippen MR) is 71.0 cm³/mol. The molecule has 0 aromatic heterocycles. The van der Waals surface area contributed by atoms with E-state index in [4.69, 9.17) is 9.47 Å². The second kappa shape index (κ2) is 4.90. The third-order valence-electron chi connectivity index (χ3n) is 3.91. The minimum Gasteiger partial charge on any atom is -0.496 e. The van der Waals surface area contributed by atoms with Crippen LogP contribution in [0.4, 0.5) is 0 Å². The molecule has 100 valence electrons. The van der Waals surface area contributed by atoms with Gasteiger partial charge in [-0.15, -0.1) is 0 Å². The Morgan fingerprint density at radius 1 is 1.33 bits per heavy atom. The molecule has 0 amide bonds. The lowest BCUT2D eigenvalue weighted by Gasteiger charge is -2.31. The van der Waals surface area contributed by atoms with E-state index in [0.717, 1.165) is 41.9 Å². The van der Waals surface area contributed by atoms with Gasteiger partial charge in [-0.1, -0.05) is 0 Å². The van der Waals surface area contributed by atoms with Crippen LogP contribution in [0.5, 0.6) is 5.75 Å². The third-order valence-corrected chi connectivity index (χ3v) is 3.91. The minimum atomic E-state index is -0.579. The molecule has 1 aromatic rings. The molecule has 2 unspecified atom stereocenters. The van der Waals surface area contributed by atoms with Crippen molar-refractivity contribution in [3.8, 4) is 5.75 Å². The van der Waals surface area contributed by atoms with Crippen LogP contribution in [0.2, 0.25) is 0 Å². The summed E-state index contributed by atoms with van der Waals surface area (Å²) in [5, 5.41) is 10.6. The summed E-state index contributed by atoms with van der Waals surface area (Å²) in [5.74, 6) is 0.862. The lowest BCUT2D eigenvalue weighted by molar-refractivity contribution is -0.0798. The highest BCUT2D eigenvalue weighted by Crippen LogP contribution is 2.39. The Hall–Kier alpha value is -1.06. The van der Waals surface area contributed by atoms with E-state index in [-0.39, 0.29) is 0 Å². The van der Waals surface area contributed by atoms with Gasteiger partial charge in [-0.05, 0) is 62.4 Å². The van der Waals surface area contributed by atoms with Gasteiger partial charge in [0, 0.05) is 6.61 Å². The Morgan fingerprint density at radius 3 is 2.61 bits per heavy atom. The van der Waals surface area contributed by atoms with Gasteiger partial charge in [-0.25, -0.2) is 0 Å². The average Bonchev–Trinajstić information content (AvgIpc) is 2.79. The molecule has 3 heteroatoms. The first-order valence-corrected chi connectivity index (χ1v) is 6.45. The lowest BCUT2D eigenvalue weighted by atomic mass is 9.87. The Kier molecular flexibility index (Phi) is 3.64. The first-order valence-electron chi connectivity index (χ1n) is 6.45. The fraction of sp³-hybridized carbons (Fsp3) is 0.600. The lowest BCUT2D eigenvalue weighted by Crippen LogP contribution is -2.32. The summed E-state index contributed by atoms with van der Waals surface area (Å²) in [5.41, 5.74) is 2.57. The molecule has 0 radical (unpaired) electrons. The Labute approximate surface area is 109 Å². The molecule has 1 heterocycles. The molecule has 2 atom stereocenters. The zero-order chi connectivity index (χ0) is 13.3. The van der Waals surface area contributed by atoms with Crippen LogP contribution in [0.25, 0.3) is 0 Å². The molecule has 1 fully saturated rings. The second-order valence-electron chi connectivity index (χ2n) is 5.35. The highest BCUT2D eigenvalue weighted by Gasteiger charge is 2.39. The number of aliphatic hydroxyl groups excluding tert-OH is 1. The Bertz CT molecular complexity index is 434. The minimum absolute atomic E-state index is 0.453. The average molecular weight is 250 g/mol. The van der Waals surface area contributed by atoms with E-state index >= 15 is 0 Å². The van der Waals surface area contributed by atoms with Crippen LogP contribution in [0, 0.1) is 13.8 Å². The smallest absolute Gasteiger partial charge is 0.122 e. The summed E-state index contributed by atoms with van der Waals surface area (Å²) in [6, 6.07) is 3.98. The van der Waals surface area contributed by atoms with Crippen LogP contribution in [0.1, 0.15) is 42.6 Å². The monoisotopic (exact) mass is 250 g/mol. The fourth-order valence-electron chi connectivity index (χ4n) is 2.67. The topological polar surface area (TPSA) is 38.7 Å². The number of hydrogen-bond acceptors (Lipinski definition) is 3. The fourth-order valence-corrected chi connectivity index (χ4v) is 2.67. The van der Waals surface area contributed by atoms with E-state index in [2.05, 4.69) is 0 Å². The highest BCUT2D eigenvalue weighted by molar-refractivity contribution is 5.43. The number of aliphatic hydroxyl groups is 1. The molecular formula is C15H22O3. The van der Waals surface area contributed by atoms with Crippen molar-refractivity contribution in [1.82, 2.24) is 0 Å². The third kappa shape index (κ3) is 2.25. The number of ether oxygens (including phenoxy) is 2. The number of benzene rings is 1. The van der Waals surface area contributed by atoms with Crippen LogP contribution in [-0.2, 0) is 4.74 Å². The van der Waals surface area contributed by atoms with Crippen LogP contribution >= 0.6 is 0 Å². The molecule has 0 bridgehead atoms. The van der Waals surface area contributed by atoms with Gasteiger partial charge < -0.3 is 14.6 Å². The van der Waals surface area contributed by atoms with Gasteiger partial charge in [-0.3, -0.25) is 0 Å². The van der Waals surface area contributed by atoms with E-state index in [9.17, 15) is 5.11 Å². The van der Waals surface area contributed by atoms with Crippen LogP contribution in [0.3, 0.4) is 0 Å². The standard InChI is InChI=1S/C15H22O3/c1-10-9-13(17-4)11(2)8-12(10)14(16)15(3)6-5-7-18-15/h8-9,14,16H,5-7H2,1-4H3. The normalized spacial score (nSPS) is 25.2. The SMILES string of the molecule is COc1cc(C)c(C(O)C2(C)CCCO2)cc1C. The van der Waals surface area contributed by atoms with Gasteiger partial charge in [0.15, 0.2) is 0 Å². The Morgan fingerprint density at radius 2 is 2.06 bits per heavy atom. The number of methoxy groups -OCH3 is 1. The summed E-state index contributed by atoms with van der Waals surface area (Å²) >= 11 is 0. The maximum Gasteiger partial charge on any atom is 0.122 e. The van der Waals surface area contributed by atoms with Gasteiger partial charge >= 0.3 is 0 Å². The van der Waals surface area contributed by atoms with Crippen molar-refractivity contribution in [3.05, 3.63) is 28.8 Å².